The summed E-state index contributed by atoms with van der Waals surface area (Å²) in [4.78, 5) is 32.0. The van der Waals surface area contributed by atoms with Crippen LogP contribution in [-0.2, 0) is 0 Å². The quantitative estimate of drug-likeness (QED) is 0.120. The van der Waals surface area contributed by atoms with Gasteiger partial charge in [-0.25, -0.2) is 29.9 Å². The zero-order valence-electron chi connectivity index (χ0n) is 60.4. The molecule has 23 aromatic rings. The zero-order chi connectivity index (χ0) is 74.2. The Morgan fingerprint density at radius 1 is 0.212 bits per heavy atom. The lowest BCUT2D eigenvalue weighted by Gasteiger charge is -2.16. The number of thiophene rings is 2. The third-order valence-electron chi connectivity index (χ3n) is 22.2. The van der Waals surface area contributed by atoms with Gasteiger partial charge < -0.3 is 13.6 Å². The topological polar surface area (TPSA) is 100 Å². The van der Waals surface area contributed by atoms with E-state index in [2.05, 4.69) is 331 Å². The van der Waals surface area contributed by atoms with E-state index in [0.717, 1.165) is 143 Å². The van der Waals surface area contributed by atoms with Gasteiger partial charge in [0.05, 0.1) is 27.8 Å². The Morgan fingerprint density at radius 3 is 1.27 bits per heavy atom. The van der Waals surface area contributed by atoms with Crippen molar-refractivity contribution < 1.29 is 4.42 Å². The number of hydrogen-bond donors (Lipinski definition) is 0. The van der Waals surface area contributed by atoms with E-state index in [1.165, 1.54) is 52.1 Å². The van der Waals surface area contributed by atoms with Crippen LogP contribution in [0.3, 0.4) is 0 Å². The van der Waals surface area contributed by atoms with Crippen molar-refractivity contribution in [1.82, 2.24) is 39.0 Å². The molecule has 7 aromatic heterocycles. The number of aromatic nitrogens is 8. The number of nitrogens with zero attached hydrogens (tertiary/aromatic N) is 8. The Balaban J connectivity index is 0.630. The molecule has 113 heavy (non-hydrogen) atoms. The molecule has 526 valence electrons. The second kappa shape index (κ2) is 26.0. The van der Waals surface area contributed by atoms with Crippen LogP contribution in [0.1, 0.15) is 0 Å². The van der Waals surface area contributed by atoms with Crippen molar-refractivity contribution in [2.45, 2.75) is 0 Å². The van der Waals surface area contributed by atoms with Crippen LogP contribution in [0.5, 0.6) is 0 Å². The van der Waals surface area contributed by atoms with E-state index >= 15 is 0 Å². The van der Waals surface area contributed by atoms with Crippen molar-refractivity contribution in [3.63, 3.8) is 0 Å². The highest BCUT2D eigenvalue weighted by Crippen LogP contribution is 2.49. The Morgan fingerprint density at radius 2 is 0.646 bits per heavy atom. The molecule has 0 aliphatic rings. The van der Waals surface area contributed by atoms with Crippen LogP contribution in [0.4, 0.5) is 0 Å². The highest BCUT2D eigenvalue weighted by molar-refractivity contribution is 7.26. The van der Waals surface area contributed by atoms with Crippen LogP contribution in [-0.4, -0.2) is 39.0 Å². The minimum atomic E-state index is 0.570. The van der Waals surface area contributed by atoms with Gasteiger partial charge in [0.25, 0.3) is 0 Å². The summed E-state index contributed by atoms with van der Waals surface area (Å²) in [5, 5.41) is 11.4. The molecule has 0 saturated carbocycles. The molecular weight excluding hydrogens is 1420 g/mol. The molecule has 0 aliphatic heterocycles. The lowest BCUT2D eigenvalue weighted by atomic mass is 9.94. The van der Waals surface area contributed by atoms with E-state index < -0.39 is 0 Å². The Kier molecular flexibility index (Phi) is 14.8. The summed E-state index contributed by atoms with van der Waals surface area (Å²) in [5.41, 5.74) is 22.2. The first kappa shape index (κ1) is 64.4. The minimum absolute atomic E-state index is 0.570. The summed E-state index contributed by atoms with van der Waals surface area (Å²) in [6.07, 6.45) is 0. The van der Waals surface area contributed by atoms with Crippen molar-refractivity contribution >= 4 is 129 Å². The smallest absolute Gasteiger partial charge is 0.165 e. The molecule has 0 bridgehead atoms. The average molecular weight is 1480 g/mol. The number of benzene rings is 16. The molecule has 7 heterocycles. The fraction of sp³-hybridized carbons (Fsp3) is 0. The van der Waals surface area contributed by atoms with Gasteiger partial charge in [-0.2, -0.15) is 0 Å². The zero-order valence-corrected chi connectivity index (χ0v) is 62.1. The fourth-order valence-electron chi connectivity index (χ4n) is 16.9. The van der Waals surface area contributed by atoms with Gasteiger partial charge in [0.15, 0.2) is 34.9 Å². The van der Waals surface area contributed by atoms with Gasteiger partial charge in [-0.1, -0.05) is 279 Å². The summed E-state index contributed by atoms with van der Waals surface area (Å²) in [7, 11) is 0. The summed E-state index contributed by atoms with van der Waals surface area (Å²) in [5.74, 6) is 3.54. The molecule has 0 spiro atoms. The summed E-state index contributed by atoms with van der Waals surface area (Å²) < 4.78 is 16.7. The Hall–Kier alpha value is -14.6. The van der Waals surface area contributed by atoms with Gasteiger partial charge in [0.1, 0.15) is 11.2 Å². The van der Waals surface area contributed by atoms with E-state index in [9.17, 15) is 0 Å². The maximum absolute atomic E-state index is 7.15. The van der Waals surface area contributed by atoms with E-state index in [1.54, 1.807) is 11.3 Å². The Bertz CT molecular complexity index is 7760. The molecule has 23 rings (SSSR count). The number of rotatable bonds is 12. The number of hydrogen-bond acceptors (Lipinski definition) is 9. The molecule has 0 unspecified atom stereocenters. The van der Waals surface area contributed by atoms with E-state index in [1.807, 2.05) is 53.8 Å². The monoisotopic (exact) mass is 1480 g/mol. The van der Waals surface area contributed by atoms with Crippen molar-refractivity contribution in [3.05, 3.63) is 364 Å². The number of para-hydroxylation sites is 5. The predicted octanol–water partition coefficient (Wildman–Crippen LogP) is 27.6. The average Bonchev–Trinajstić information content (AvgIpc) is 1.59. The number of furan rings is 1. The van der Waals surface area contributed by atoms with Crippen LogP contribution in [0.25, 0.3) is 230 Å². The maximum atomic E-state index is 7.15. The molecule has 0 saturated heterocycles. The molecule has 11 heteroatoms. The first-order chi connectivity index (χ1) is 56.0. The van der Waals surface area contributed by atoms with Crippen LogP contribution in [0.15, 0.2) is 368 Å². The molecule has 0 radical (unpaired) electrons. The van der Waals surface area contributed by atoms with Gasteiger partial charge in [0, 0.05) is 128 Å². The number of fused-ring (bicyclic) bond motifs is 15. The molecule has 0 amide bonds. The van der Waals surface area contributed by atoms with Crippen molar-refractivity contribution in [1.29, 1.82) is 0 Å². The second-order valence-electron chi connectivity index (χ2n) is 28.8. The third-order valence-corrected chi connectivity index (χ3v) is 24.7. The van der Waals surface area contributed by atoms with E-state index in [0.29, 0.717) is 34.9 Å². The van der Waals surface area contributed by atoms with Gasteiger partial charge >= 0.3 is 0 Å². The molecule has 0 N–H and O–H groups in total. The standard InChI is InChI=1S/C102H60N8OS2/c1-4-25-61(26-5-1)66-31-22-33-68(53-66)101-105-98(64-29-8-3-9-30-64)107-102(108-101)85-58-71(57-84-78-40-15-21-48-93(78)113-96(84)85)109-87-44-17-13-38-76(87)81-60-91-82(59-90(81)109)79-42-24-41-73(94(79)111-91)62-49-51-65(52-50-62)99-103-97(63-27-6-2-7-28-63)104-100(106-99)69-34-23-32-67(54-69)80-55-70(56-83-77-39-14-20-47-92(77)112-95(80)83)72-35-10-16-43-86(72)110-88-45-18-11-36-74(88)75-37-12-19-46-89(75)110/h1-60H. The molecular formula is C102H60N8OS2. The van der Waals surface area contributed by atoms with Crippen LogP contribution < -0.4 is 0 Å². The SMILES string of the molecule is c1ccc(-c2cccc(-c3nc(-c4ccccc4)nc(-c4cc(-n5c6ccccc6c6cc7oc8c(-c9ccc(-c%10nc(-c%11ccccc%11)nc(-c%11cccc(-c%12cc(-c%13ccccc%13-n%13c%14ccccc%14c%14ccccc%14%13)cc%13c%12sc%12ccccc%12%13)c%11)n%10)cc9)cccc8c7cc65)cc5c4sc4ccccc45)n3)c2)cc1. The van der Waals surface area contributed by atoms with Crippen molar-refractivity contribution in [2.75, 3.05) is 0 Å². The van der Waals surface area contributed by atoms with E-state index in [-0.39, 0.29) is 0 Å². The molecule has 0 atom stereocenters. The third kappa shape index (κ3) is 10.7. The Labute approximate surface area is 655 Å². The van der Waals surface area contributed by atoms with Gasteiger partial charge in [-0.3, -0.25) is 0 Å². The van der Waals surface area contributed by atoms with Crippen molar-refractivity contribution in [3.8, 4) is 124 Å². The summed E-state index contributed by atoms with van der Waals surface area (Å²) in [6, 6.07) is 130. The van der Waals surface area contributed by atoms with Crippen molar-refractivity contribution in [2.24, 2.45) is 0 Å². The molecule has 9 nitrogen and oxygen atoms in total. The van der Waals surface area contributed by atoms with Gasteiger partial charge in [0.2, 0.25) is 0 Å². The van der Waals surface area contributed by atoms with Crippen LogP contribution in [0.2, 0.25) is 0 Å². The van der Waals surface area contributed by atoms with Crippen LogP contribution in [0, 0.1) is 0 Å². The maximum Gasteiger partial charge on any atom is 0.165 e. The predicted molar refractivity (Wildman–Crippen MR) is 469 cm³/mol. The lowest BCUT2D eigenvalue weighted by molar-refractivity contribution is 0.670. The lowest BCUT2D eigenvalue weighted by Crippen LogP contribution is -2.01. The summed E-state index contributed by atoms with van der Waals surface area (Å²) in [6.45, 7) is 0. The minimum Gasteiger partial charge on any atom is -0.455 e. The first-order valence-corrected chi connectivity index (χ1v) is 39.5. The highest BCUT2D eigenvalue weighted by atomic mass is 32.1. The normalized spacial score (nSPS) is 11.9. The first-order valence-electron chi connectivity index (χ1n) is 37.9. The molecule has 0 fully saturated rings. The largest absolute Gasteiger partial charge is 0.455 e. The van der Waals surface area contributed by atoms with Gasteiger partial charge in [-0.05, 0) is 113 Å². The molecule has 16 aromatic carbocycles. The second-order valence-corrected chi connectivity index (χ2v) is 30.9. The fourth-order valence-corrected chi connectivity index (χ4v) is 19.4. The van der Waals surface area contributed by atoms with Gasteiger partial charge in [-0.15, -0.1) is 22.7 Å². The molecule has 0 aliphatic carbocycles. The summed E-state index contributed by atoms with van der Waals surface area (Å²) >= 11 is 3.61. The highest BCUT2D eigenvalue weighted by Gasteiger charge is 2.26. The van der Waals surface area contributed by atoms with Crippen LogP contribution >= 0.6 is 22.7 Å². The van der Waals surface area contributed by atoms with E-state index in [4.69, 9.17) is 34.3 Å².